The Morgan fingerprint density at radius 2 is 1.92 bits per heavy atom. The summed E-state index contributed by atoms with van der Waals surface area (Å²) in [7, 11) is 4.03. The quantitative estimate of drug-likeness (QED) is 0.679. The number of anilines is 1. The first-order chi connectivity index (χ1) is 12.4. The second-order valence-electron chi connectivity index (χ2n) is 6.70. The number of aromatic nitrogens is 2. The highest BCUT2D eigenvalue weighted by Gasteiger charge is 2.13. The van der Waals surface area contributed by atoms with Gasteiger partial charge in [-0.1, -0.05) is 37.2 Å². The van der Waals surface area contributed by atoms with Crippen molar-refractivity contribution in [3.8, 4) is 0 Å². The van der Waals surface area contributed by atoms with Gasteiger partial charge in [0.05, 0.1) is 11.4 Å². The molecule has 1 aromatic carbocycles. The molecule has 5 nitrogen and oxygen atoms in total. The number of amides is 1. The Labute approximate surface area is 161 Å². The number of carbonyl (C=O) groups is 1. The first-order valence-corrected chi connectivity index (χ1v) is 10.1. The average molecular weight is 375 g/mol. The van der Waals surface area contributed by atoms with Crippen molar-refractivity contribution in [3.05, 3.63) is 41.2 Å². The second kappa shape index (κ2) is 9.67. The number of rotatable bonds is 9. The molecule has 1 aromatic heterocycles. The first kappa shape index (κ1) is 20.4. The van der Waals surface area contributed by atoms with Gasteiger partial charge in [-0.25, -0.2) is 4.98 Å². The van der Waals surface area contributed by atoms with Crippen LogP contribution < -0.4 is 10.2 Å². The average Bonchev–Trinajstić information content (AvgIpc) is 2.90. The number of unbranched alkanes of at least 4 members (excludes halogenated alkanes) is 1. The van der Waals surface area contributed by atoms with Crippen LogP contribution in [0.25, 0.3) is 0 Å². The third-order valence-electron chi connectivity index (χ3n) is 4.43. The zero-order valence-electron chi connectivity index (χ0n) is 16.5. The van der Waals surface area contributed by atoms with Crippen molar-refractivity contribution < 1.29 is 4.79 Å². The third-order valence-corrected chi connectivity index (χ3v) is 5.41. The lowest BCUT2D eigenvalue weighted by Gasteiger charge is -2.13. The van der Waals surface area contributed by atoms with Gasteiger partial charge in [0.25, 0.3) is 0 Å². The summed E-state index contributed by atoms with van der Waals surface area (Å²) in [6.07, 6.45) is 2.27. The molecule has 0 fully saturated rings. The summed E-state index contributed by atoms with van der Waals surface area (Å²) in [5.41, 5.74) is 4.50. The lowest BCUT2D eigenvalue weighted by atomic mass is 10.2. The Kier molecular flexibility index (Phi) is 7.57. The molecule has 0 radical (unpaired) electrons. The minimum absolute atomic E-state index is 0.0343. The highest BCUT2D eigenvalue weighted by Crippen LogP contribution is 2.21. The zero-order chi connectivity index (χ0) is 19.1. The van der Waals surface area contributed by atoms with Crippen LogP contribution in [0.4, 0.5) is 5.69 Å². The Balaban J connectivity index is 1.86. The van der Waals surface area contributed by atoms with Crippen molar-refractivity contribution in [3.63, 3.8) is 0 Å². The van der Waals surface area contributed by atoms with E-state index in [9.17, 15) is 4.79 Å². The molecule has 2 rings (SSSR count). The van der Waals surface area contributed by atoms with Crippen molar-refractivity contribution >= 4 is 23.4 Å². The molecule has 1 N–H and O–H groups in total. The van der Waals surface area contributed by atoms with Gasteiger partial charge in [0.15, 0.2) is 5.16 Å². The third kappa shape index (κ3) is 5.53. The molecule has 26 heavy (non-hydrogen) atoms. The molecule has 6 heteroatoms. The number of carbonyl (C=O) groups excluding carboxylic acids is 1. The van der Waals surface area contributed by atoms with Gasteiger partial charge in [0.2, 0.25) is 5.91 Å². The number of hydrogen-bond donors (Lipinski definition) is 1. The smallest absolute Gasteiger partial charge is 0.230 e. The van der Waals surface area contributed by atoms with E-state index in [0.29, 0.717) is 12.3 Å². The lowest BCUT2D eigenvalue weighted by molar-refractivity contribution is -0.118. The normalized spacial score (nSPS) is 10.8. The molecule has 0 spiro atoms. The summed E-state index contributed by atoms with van der Waals surface area (Å²) in [5.74, 6) is 0.421. The van der Waals surface area contributed by atoms with Crippen LogP contribution in [0.2, 0.25) is 0 Å². The predicted molar refractivity (Wildman–Crippen MR) is 110 cm³/mol. The molecule has 0 aliphatic rings. The van der Waals surface area contributed by atoms with E-state index < -0.39 is 0 Å². The monoisotopic (exact) mass is 374 g/mol. The minimum Gasteiger partial charge on any atom is -0.378 e. The van der Waals surface area contributed by atoms with E-state index in [1.54, 1.807) is 0 Å². The maximum absolute atomic E-state index is 12.2. The molecule has 0 bridgehead atoms. The SMILES string of the molecule is CCCCn1c(SCC(=O)NCc2ccc(N(C)C)cc2)nc(C)c1C. The van der Waals surface area contributed by atoms with Gasteiger partial charge in [-0.3, -0.25) is 4.79 Å². The fourth-order valence-corrected chi connectivity index (χ4v) is 3.55. The van der Waals surface area contributed by atoms with Gasteiger partial charge in [-0.2, -0.15) is 0 Å². The molecular formula is C20H30N4OS. The minimum atomic E-state index is 0.0343. The summed E-state index contributed by atoms with van der Waals surface area (Å²) in [5, 5.41) is 3.93. The van der Waals surface area contributed by atoms with Crippen LogP contribution in [0.15, 0.2) is 29.4 Å². The number of nitrogens with zero attached hydrogens (tertiary/aromatic N) is 3. The van der Waals surface area contributed by atoms with Crippen molar-refractivity contribution in [1.29, 1.82) is 0 Å². The topological polar surface area (TPSA) is 50.2 Å². The predicted octanol–water partition coefficient (Wildman–Crippen LogP) is 3.77. The summed E-state index contributed by atoms with van der Waals surface area (Å²) >= 11 is 1.52. The molecule has 0 atom stereocenters. The van der Waals surface area contributed by atoms with E-state index in [2.05, 4.69) is 45.7 Å². The summed E-state index contributed by atoms with van der Waals surface area (Å²) < 4.78 is 2.23. The van der Waals surface area contributed by atoms with Crippen LogP contribution in [0, 0.1) is 13.8 Å². The van der Waals surface area contributed by atoms with E-state index in [1.165, 1.54) is 17.5 Å². The Bertz CT molecular complexity index is 722. The fraction of sp³-hybridized carbons (Fsp3) is 0.500. The summed E-state index contributed by atoms with van der Waals surface area (Å²) in [6, 6.07) is 8.22. The Morgan fingerprint density at radius 3 is 2.54 bits per heavy atom. The van der Waals surface area contributed by atoms with Gasteiger partial charge in [-0.15, -0.1) is 0 Å². The van der Waals surface area contributed by atoms with Gasteiger partial charge in [-0.05, 0) is 38.0 Å². The van der Waals surface area contributed by atoms with Crippen LogP contribution in [-0.4, -0.2) is 35.3 Å². The molecule has 0 unspecified atom stereocenters. The van der Waals surface area contributed by atoms with Gasteiger partial charge >= 0.3 is 0 Å². The molecule has 142 valence electrons. The molecule has 2 aromatic rings. The Morgan fingerprint density at radius 1 is 1.23 bits per heavy atom. The Hall–Kier alpha value is -1.95. The van der Waals surface area contributed by atoms with Gasteiger partial charge in [0.1, 0.15) is 0 Å². The van der Waals surface area contributed by atoms with Crippen molar-refractivity contribution in [2.24, 2.45) is 0 Å². The largest absolute Gasteiger partial charge is 0.378 e. The van der Waals surface area contributed by atoms with Crippen LogP contribution in [-0.2, 0) is 17.9 Å². The highest BCUT2D eigenvalue weighted by atomic mass is 32.2. The number of hydrogen-bond acceptors (Lipinski definition) is 4. The molecule has 1 heterocycles. The maximum atomic E-state index is 12.2. The lowest BCUT2D eigenvalue weighted by Crippen LogP contribution is -2.24. The summed E-state index contributed by atoms with van der Waals surface area (Å²) in [6.45, 7) is 7.82. The zero-order valence-corrected chi connectivity index (χ0v) is 17.3. The van der Waals surface area contributed by atoms with Crippen LogP contribution in [0.5, 0.6) is 0 Å². The molecule has 0 aliphatic heterocycles. The standard InChI is InChI=1S/C20H30N4OS/c1-6-7-12-24-16(3)15(2)22-20(24)26-14-19(25)21-13-17-8-10-18(11-9-17)23(4)5/h8-11H,6-7,12-14H2,1-5H3,(H,21,25). The van der Waals surface area contributed by atoms with Gasteiger partial charge < -0.3 is 14.8 Å². The molecular weight excluding hydrogens is 344 g/mol. The van der Waals surface area contributed by atoms with E-state index in [0.717, 1.165) is 41.5 Å². The number of benzene rings is 1. The van der Waals surface area contributed by atoms with E-state index in [-0.39, 0.29) is 5.91 Å². The molecule has 0 saturated heterocycles. The fourth-order valence-electron chi connectivity index (χ4n) is 2.61. The van der Waals surface area contributed by atoms with Crippen molar-refractivity contribution in [2.75, 3.05) is 24.7 Å². The van der Waals surface area contributed by atoms with Crippen molar-refractivity contribution in [1.82, 2.24) is 14.9 Å². The van der Waals surface area contributed by atoms with Crippen molar-refractivity contribution in [2.45, 2.75) is 51.9 Å². The second-order valence-corrected chi connectivity index (χ2v) is 7.64. The van der Waals surface area contributed by atoms with Crippen LogP contribution in [0.1, 0.15) is 36.7 Å². The van der Waals surface area contributed by atoms with Gasteiger partial charge in [0, 0.05) is 38.6 Å². The molecule has 0 aliphatic carbocycles. The van der Waals surface area contributed by atoms with E-state index in [1.807, 2.05) is 33.2 Å². The number of thioether (sulfide) groups is 1. The number of imidazole rings is 1. The number of aryl methyl sites for hydroxylation is 1. The van der Waals surface area contributed by atoms with Crippen LogP contribution >= 0.6 is 11.8 Å². The van der Waals surface area contributed by atoms with E-state index >= 15 is 0 Å². The first-order valence-electron chi connectivity index (χ1n) is 9.11. The number of nitrogens with one attached hydrogen (secondary N) is 1. The molecule has 0 saturated carbocycles. The van der Waals surface area contributed by atoms with Crippen LogP contribution in [0.3, 0.4) is 0 Å². The highest BCUT2D eigenvalue weighted by molar-refractivity contribution is 7.99. The summed E-state index contributed by atoms with van der Waals surface area (Å²) in [4.78, 5) is 18.9. The van der Waals surface area contributed by atoms with E-state index in [4.69, 9.17) is 0 Å². The maximum Gasteiger partial charge on any atom is 0.230 e. The molecule has 1 amide bonds.